The van der Waals surface area contributed by atoms with E-state index in [1.54, 1.807) is 6.92 Å². The normalized spacial score (nSPS) is 18.8. The minimum absolute atomic E-state index is 0.00593. The van der Waals surface area contributed by atoms with E-state index in [1.807, 2.05) is 13.8 Å². The van der Waals surface area contributed by atoms with Gasteiger partial charge >= 0.3 is 0 Å². The molecule has 2 rings (SSSR count). The average molecular weight is 314 g/mol. The molecule has 0 spiro atoms. The van der Waals surface area contributed by atoms with Crippen molar-refractivity contribution >= 4 is 9.84 Å². The summed E-state index contributed by atoms with van der Waals surface area (Å²) >= 11 is 0. The molecule has 1 aliphatic heterocycles. The Bertz CT molecular complexity index is 568. The summed E-state index contributed by atoms with van der Waals surface area (Å²) < 4.78 is 25.6. The molecule has 2 unspecified atom stereocenters. The van der Waals surface area contributed by atoms with Crippen LogP contribution in [0, 0.1) is 0 Å². The molecule has 1 aromatic rings. The third kappa shape index (κ3) is 4.26. The molecular formula is C14H26N4O2S. The maximum Gasteiger partial charge on any atom is 0.151 e. The Kier molecular flexibility index (Phi) is 5.37. The van der Waals surface area contributed by atoms with E-state index in [4.69, 9.17) is 0 Å². The van der Waals surface area contributed by atoms with E-state index in [9.17, 15) is 8.42 Å². The van der Waals surface area contributed by atoms with Crippen molar-refractivity contribution in [2.45, 2.75) is 65.1 Å². The van der Waals surface area contributed by atoms with Crippen LogP contribution in [0.3, 0.4) is 0 Å². The second-order valence-electron chi connectivity index (χ2n) is 5.93. The molecule has 2 atom stereocenters. The molecule has 0 bridgehead atoms. The van der Waals surface area contributed by atoms with Crippen molar-refractivity contribution in [1.82, 2.24) is 20.1 Å². The maximum atomic E-state index is 11.7. The highest BCUT2D eigenvalue weighted by molar-refractivity contribution is 7.91. The average Bonchev–Trinajstić information content (AvgIpc) is 2.67. The van der Waals surface area contributed by atoms with E-state index in [0.717, 1.165) is 31.0 Å². The summed E-state index contributed by atoms with van der Waals surface area (Å²) in [5, 5.41) is 11.9. The number of aryl methyl sites for hydroxylation is 1. The predicted octanol–water partition coefficient (Wildman–Crippen LogP) is 1.48. The Labute approximate surface area is 127 Å². The lowest BCUT2D eigenvalue weighted by Crippen LogP contribution is -2.36. The first-order valence-electron chi connectivity index (χ1n) is 7.81. The second-order valence-corrected chi connectivity index (χ2v) is 8.32. The van der Waals surface area contributed by atoms with Crippen molar-refractivity contribution in [3.05, 3.63) is 11.6 Å². The highest BCUT2D eigenvalue weighted by Gasteiger charge is 2.22. The molecule has 2 heterocycles. The Morgan fingerprint density at radius 1 is 1.24 bits per heavy atom. The van der Waals surface area contributed by atoms with Gasteiger partial charge in [0.2, 0.25) is 0 Å². The van der Waals surface area contributed by atoms with Crippen LogP contribution in [-0.4, -0.2) is 40.7 Å². The zero-order valence-electron chi connectivity index (χ0n) is 13.2. The van der Waals surface area contributed by atoms with E-state index < -0.39 is 9.84 Å². The van der Waals surface area contributed by atoms with E-state index in [-0.39, 0.29) is 23.6 Å². The number of aromatic nitrogens is 3. The summed E-state index contributed by atoms with van der Waals surface area (Å²) in [6.45, 7) is 6.58. The zero-order chi connectivity index (χ0) is 15.5. The summed E-state index contributed by atoms with van der Waals surface area (Å²) in [7, 11) is -2.96. The van der Waals surface area contributed by atoms with Crippen molar-refractivity contribution in [3.8, 4) is 0 Å². The molecule has 0 saturated carbocycles. The van der Waals surface area contributed by atoms with Gasteiger partial charge in [-0.3, -0.25) is 0 Å². The fourth-order valence-electron chi connectivity index (χ4n) is 2.88. The van der Waals surface area contributed by atoms with Crippen molar-refractivity contribution in [2.24, 2.45) is 0 Å². The van der Waals surface area contributed by atoms with Gasteiger partial charge in [0.25, 0.3) is 0 Å². The second kappa shape index (κ2) is 6.87. The molecule has 0 aliphatic carbocycles. The topological polar surface area (TPSA) is 76.9 Å². The molecule has 0 amide bonds. The Hall–Kier alpha value is -0.950. The van der Waals surface area contributed by atoms with Crippen molar-refractivity contribution in [2.75, 3.05) is 11.5 Å². The van der Waals surface area contributed by atoms with Gasteiger partial charge < -0.3 is 9.88 Å². The maximum absolute atomic E-state index is 11.7. The number of nitrogens with one attached hydrogen (secondary N) is 1. The summed E-state index contributed by atoms with van der Waals surface area (Å²) in [5.74, 6) is 2.33. The predicted molar refractivity (Wildman–Crippen MR) is 82.9 cm³/mol. The van der Waals surface area contributed by atoms with Gasteiger partial charge in [0.05, 0.1) is 11.8 Å². The van der Waals surface area contributed by atoms with Gasteiger partial charge in [0, 0.05) is 24.8 Å². The van der Waals surface area contributed by atoms with Crippen LogP contribution in [0.4, 0.5) is 0 Å². The van der Waals surface area contributed by atoms with Crippen LogP contribution < -0.4 is 5.32 Å². The van der Waals surface area contributed by atoms with Crippen LogP contribution in [0.15, 0.2) is 0 Å². The van der Waals surface area contributed by atoms with Crippen LogP contribution in [0.5, 0.6) is 0 Å². The quantitative estimate of drug-likeness (QED) is 0.860. The van der Waals surface area contributed by atoms with Gasteiger partial charge in [0.15, 0.2) is 9.84 Å². The van der Waals surface area contributed by atoms with Gasteiger partial charge in [-0.15, -0.1) is 10.2 Å². The first-order valence-corrected chi connectivity index (χ1v) is 9.63. The minimum atomic E-state index is -2.96. The Balaban J connectivity index is 2.04. The van der Waals surface area contributed by atoms with E-state index >= 15 is 0 Å². The van der Waals surface area contributed by atoms with Crippen LogP contribution in [0.1, 0.15) is 57.7 Å². The fraction of sp³-hybridized carbons (Fsp3) is 0.857. The molecule has 0 saturated heterocycles. The molecule has 0 radical (unpaired) electrons. The van der Waals surface area contributed by atoms with Gasteiger partial charge in [0.1, 0.15) is 11.6 Å². The first kappa shape index (κ1) is 16.4. The van der Waals surface area contributed by atoms with E-state index in [2.05, 4.69) is 20.1 Å². The van der Waals surface area contributed by atoms with Crippen molar-refractivity contribution < 1.29 is 8.42 Å². The monoisotopic (exact) mass is 314 g/mol. The Morgan fingerprint density at radius 3 is 2.71 bits per heavy atom. The lowest BCUT2D eigenvalue weighted by atomic mass is 10.2. The summed E-state index contributed by atoms with van der Waals surface area (Å²) in [6.07, 6.45) is 4.55. The number of fused-ring (bicyclic) bond motifs is 1. The molecule has 0 aromatic carbocycles. The third-order valence-electron chi connectivity index (χ3n) is 4.00. The molecule has 1 aliphatic rings. The minimum Gasteiger partial charge on any atom is -0.314 e. The molecule has 120 valence electrons. The van der Waals surface area contributed by atoms with Gasteiger partial charge in [-0.2, -0.15) is 0 Å². The molecule has 1 N–H and O–H groups in total. The van der Waals surface area contributed by atoms with Crippen molar-refractivity contribution in [3.63, 3.8) is 0 Å². The smallest absolute Gasteiger partial charge is 0.151 e. The van der Waals surface area contributed by atoms with E-state index in [0.29, 0.717) is 0 Å². The highest BCUT2D eigenvalue weighted by atomic mass is 32.2. The Morgan fingerprint density at radius 2 is 2.00 bits per heavy atom. The number of sulfone groups is 1. The van der Waals surface area contributed by atoms with Gasteiger partial charge in [-0.05, 0) is 26.7 Å². The first-order chi connectivity index (χ1) is 9.93. The molecule has 6 nitrogen and oxygen atoms in total. The highest BCUT2D eigenvalue weighted by Crippen LogP contribution is 2.19. The van der Waals surface area contributed by atoms with Crippen LogP contribution >= 0.6 is 0 Å². The number of hydrogen-bond acceptors (Lipinski definition) is 5. The molecular weight excluding hydrogens is 288 g/mol. The third-order valence-corrected chi connectivity index (χ3v) is 5.89. The molecule has 7 heteroatoms. The van der Waals surface area contributed by atoms with Crippen LogP contribution in [0.25, 0.3) is 0 Å². The summed E-state index contributed by atoms with van der Waals surface area (Å²) in [5.41, 5.74) is 0. The molecule has 21 heavy (non-hydrogen) atoms. The molecule has 1 aromatic heterocycles. The standard InChI is InChI=1S/C14H26N4O2S/c1-4-21(19,20)10-11(2)15-12(3)14-17-16-13-8-6-5-7-9-18(13)14/h11-12,15H,4-10H2,1-3H3. The van der Waals surface area contributed by atoms with Gasteiger partial charge in [-0.1, -0.05) is 13.3 Å². The largest absolute Gasteiger partial charge is 0.314 e. The number of nitrogens with zero attached hydrogens (tertiary/aromatic N) is 3. The fourth-order valence-corrected chi connectivity index (χ4v) is 3.97. The SMILES string of the molecule is CCS(=O)(=O)CC(C)NC(C)c1nnc2n1CCCCC2. The lowest BCUT2D eigenvalue weighted by Gasteiger charge is -2.20. The van der Waals surface area contributed by atoms with Crippen molar-refractivity contribution in [1.29, 1.82) is 0 Å². The summed E-state index contributed by atoms with van der Waals surface area (Å²) in [6, 6.07) is -0.0879. The zero-order valence-corrected chi connectivity index (χ0v) is 14.0. The molecule has 0 fully saturated rings. The van der Waals surface area contributed by atoms with Crippen LogP contribution in [-0.2, 0) is 22.8 Å². The van der Waals surface area contributed by atoms with Crippen LogP contribution in [0.2, 0.25) is 0 Å². The van der Waals surface area contributed by atoms with Gasteiger partial charge in [-0.25, -0.2) is 8.42 Å². The number of hydrogen-bond donors (Lipinski definition) is 1. The lowest BCUT2D eigenvalue weighted by molar-refractivity contribution is 0.459. The van der Waals surface area contributed by atoms with E-state index in [1.165, 1.54) is 12.8 Å². The summed E-state index contributed by atoms with van der Waals surface area (Å²) in [4.78, 5) is 0. The number of rotatable bonds is 6.